The van der Waals surface area contributed by atoms with E-state index in [0.29, 0.717) is 5.69 Å². The molecule has 1 rings (SSSR count). The fourth-order valence-corrected chi connectivity index (χ4v) is 1.55. The van der Waals surface area contributed by atoms with Gasteiger partial charge in [-0.2, -0.15) is 0 Å². The first-order valence-corrected chi connectivity index (χ1v) is 5.36. The van der Waals surface area contributed by atoms with Crippen molar-refractivity contribution in [1.82, 2.24) is 0 Å². The fraction of sp³-hybridized carbons (Fsp3) is 0.400. The largest absolute Gasteiger partial charge is 0.399 e. The van der Waals surface area contributed by atoms with E-state index >= 15 is 0 Å². The molecule has 0 bridgehead atoms. The number of anilines is 2. The van der Waals surface area contributed by atoms with Gasteiger partial charge in [0.2, 0.25) is 0 Å². The number of aliphatic hydroxyl groups is 2. The molecule has 5 N–H and O–H groups in total. The summed E-state index contributed by atoms with van der Waals surface area (Å²) in [5.41, 5.74) is 5.96. The highest BCUT2D eigenvalue weighted by Gasteiger charge is 2.18. The molecule has 0 saturated carbocycles. The number of benzene rings is 1. The molecular formula is C10H15BrN2O2. The minimum atomic E-state index is -1.12. The number of nitrogen functional groups attached to an aromatic ring is 1. The van der Waals surface area contributed by atoms with Crippen molar-refractivity contribution in [2.24, 2.45) is 0 Å². The Hall–Kier alpha value is -0.780. The Kier molecular flexibility index (Phi) is 3.96. The van der Waals surface area contributed by atoms with Crippen LogP contribution in [0.15, 0.2) is 22.7 Å². The lowest BCUT2D eigenvalue weighted by atomic mass is 10.1. The van der Waals surface area contributed by atoms with Gasteiger partial charge in [0.05, 0.1) is 6.61 Å². The van der Waals surface area contributed by atoms with Crippen LogP contribution in [0.2, 0.25) is 0 Å². The third-order valence-electron chi connectivity index (χ3n) is 1.99. The van der Waals surface area contributed by atoms with Crippen LogP contribution in [0, 0.1) is 0 Å². The van der Waals surface area contributed by atoms with E-state index in [1.54, 1.807) is 19.1 Å². The van der Waals surface area contributed by atoms with Gasteiger partial charge < -0.3 is 21.3 Å². The summed E-state index contributed by atoms with van der Waals surface area (Å²) in [4.78, 5) is 0. The number of halogens is 1. The maximum Gasteiger partial charge on any atom is 0.102 e. The summed E-state index contributed by atoms with van der Waals surface area (Å²) in [7, 11) is 0. The fourth-order valence-electron chi connectivity index (χ4n) is 1.02. The zero-order chi connectivity index (χ0) is 11.5. The van der Waals surface area contributed by atoms with Gasteiger partial charge in [-0.3, -0.25) is 0 Å². The van der Waals surface area contributed by atoms with Crippen LogP contribution in [0.4, 0.5) is 11.4 Å². The SMILES string of the molecule is CC(O)(CO)CNc1ccc(N)cc1Br. The summed E-state index contributed by atoms with van der Waals surface area (Å²) in [5, 5.41) is 21.5. The number of rotatable bonds is 4. The average Bonchev–Trinajstić information content (AvgIpc) is 2.16. The summed E-state index contributed by atoms with van der Waals surface area (Å²) in [6.45, 7) is 1.55. The van der Waals surface area contributed by atoms with E-state index in [-0.39, 0.29) is 13.2 Å². The van der Waals surface area contributed by atoms with Crippen molar-refractivity contribution >= 4 is 27.3 Å². The van der Waals surface area contributed by atoms with E-state index in [2.05, 4.69) is 21.2 Å². The van der Waals surface area contributed by atoms with E-state index in [0.717, 1.165) is 10.2 Å². The Labute approximate surface area is 97.2 Å². The molecule has 0 heterocycles. The van der Waals surface area contributed by atoms with Crippen LogP contribution < -0.4 is 11.1 Å². The molecule has 0 aliphatic heterocycles. The Balaban J connectivity index is 2.66. The molecule has 4 nitrogen and oxygen atoms in total. The quantitative estimate of drug-likeness (QED) is 0.622. The van der Waals surface area contributed by atoms with Gasteiger partial charge in [0.1, 0.15) is 5.60 Å². The van der Waals surface area contributed by atoms with E-state index in [1.165, 1.54) is 0 Å². The molecule has 1 aromatic rings. The van der Waals surface area contributed by atoms with Crippen molar-refractivity contribution in [1.29, 1.82) is 0 Å². The molecule has 0 aliphatic carbocycles. The molecular weight excluding hydrogens is 260 g/mol. The number of nitrogens with one attached hydrogen (secondary N) is 1. The van der Waals surface area contributed by atoms with Gasteiger partial charge in [-0.15, -0.1) is 0 Å². The van der Waals surface area contributed by atoms with Crippen molar-refractivity contribution < 1.29 is 10.2 Å². The monoisotopic (exact) mass is 274 g/mol. The summed E-state index contributed by atoms with van der Waals surface area (Å²) < 4.78 is 0.830. The standard InChI is InChI=1S/C10H15BrN2O2/c1-10(15,6-14)5-13-9-3-2-7(12)4-8(9)11/h2-4,13-15H,5-6,12H2,1H3. The van der Waals surface area contributed by atoms with Crippen molar-refractivity contribution in [2.75, 3.05) is 24.2 Å². The molecule has 5 heteroatoms. The lowest BCUT2D eigenvalue weighted by Gasteiger charge is -2.21. The maximum atomic E-state index is 9.58. The molecule has 0 fully saturated rings. The Morgan fingerprint density at radius 1 is 1.53 bits per heavy atom. The minimum Gasteiger partial charge on any atom is -0.399 e. The van der Waals surface area contributed by atoms with Gasteiger partial charge in [-0.1, -0.05) is 0 Å². The molecule has 0 spiro atoms. The molecule has 15 heavy (non-hydrogen) atoms. The van der Waals surface area contributed by atoms with Crippen LogP contribution in [-0.4, -0.2) is 29.0 Å². The first kappa shape index (κ1) is 12.3. The lowest BCUT2D eigenvalue weighted by molar-refractivity contribution is 0.0132. The van der Waals surface area contributed by atoms with Gasteiger partial charge in [0, 0.05) is 22.4 Å². The molecule has 1 unspecified atom stereocenters. The molecule has 0 aliphatic rings. The highest BCUT2D eigenvalue weighted by Crippen LogP contribution is 2.24. The zero-order valence-corrected chi connectivity index (χ0v) is 10.1. The molecule has 0 radical (unpaired) electrons. The highest BCUT2D eigenvalue weighted by molar-refractivity contribution is 9.10. The van der Waals surface area contributed by atoms with Crippen molar-refractivity contribution in [3.8, 4) is 0 Å². The van der Waals surface area contributed by atoms with E-state index in [9.17, 15) is 5.11 Å². The summed E-state index contributed by atoms with van der Waals surface area (Å²) in [5.74, 6) is 0. The second-order valence-corrected chi connectivity index (χ2v) is 4.60. The van der Waals surface area contributed by atoms with E-state index < -0.39 is 5.60 Å². The minimum absolute atomic E-state index is 0.270. The van der Waals surface area contributed by atoms with Gasteiger partial charge >= 0.3 is 0 Å². The van der Waals surface area contributed by atoms with Gasteiger partial charge in [0.25, 0.3) is 0 Å². The van der Waals surface area contributed by atoms with Crippen LogP contribution in [0.1, 0.15) is 6.92 Å². The summed E-state index contributed by atoms with van der Waals surface area (Å²) >= 11 is 3.35. The molecule has 0 aromatic heterocycles. The van der Waals surface area contributed by atoms with Crippen LogP contribution >= 0.6 is 15.9 Å². The molecule has 0 saturated heterocycles. The van der Waals surface area contributed by atoms with E-state index in [4.69, 9.17) is 10.8 Å². The first-order valence-electron chi connectivity index (χ1n) is 4.57. The van der Waals surface area contributed by atoms with Crippen LogP contribution in [0.25, 0.3) is 0 Å². The number of hydrogen-bond acceptors (Lipinski definition) is 4. The average molecular weight is 275 g/mol. The zero-order valence-electron chi connectivity index (χ0n) is 8.50. The third-order valence-corrected chi connectivity index (χ3v) is 2.65. The van der Waals surface area contributed by atoms with Gasteiger partial charge in [-0.25, -0.2) is 0 Å². The highest BCUT2D eigenvalue weighted by atomic mass is 79.9. The summed E-state index contributed by atoms with van der Waals surface area (Å²) in [6, 6.07) is 5.35. The summed E-state index contributed by atoms with van der Waals surface area (Å²) in [6.07, 6.45) is 0. The molecule has 0 amide bonds. The second kappa shape index (κ2) is 4.83. The van der Waals surface area contributed by atoms with Crippen LogP contribution in [0.5, 0.6) is 0 Å². The Morgan fingerprint density at radius 2 is 2.20 bits per heavy atom. The van der Waals surface area contributed by atoms with Crippen molar-refractivity contribution in [3.05, 3.63) is 22.7 Å². The smallest absolute Gasteiger partial charge is 0.102 e. The predicted octanol–water partition coefficient (Wildman–Crippen LogP) is 1.19. The number of nitrogens with two attached hydrogens (primary N) is 1. The van der Waals surface area contributed by atoms with Gasteiger partial charge in [0.15, 0.2) is 0 Å². The van der Waals surface area contributed by atoms with E-state index in [1.807, 2.05) is 6.07 Å². The second-order valence-electron chi connectivity index (χ2n) is 3.75. The maximum absolute atomic E-state index is 9.58. The van der Waals surface area contributed by atoms with Crippen molar-refractivity contribution in [2.45, 2.75) is 12.5 Å². The topological polar surface area (TPSA) is 78.5 Å². The first-order chi connectivity index (χ1) is 6.94. The third kappa shape index (κ3) is 3.70. The lowest BCUT2D eigenvalue weighted by Crippen LogP contribution is -2.37. The molecule has 84 valence electrons. The van der Waals surface area contributed by atoms with Crippen LogP contribution in [0.3, 0.4) is 0 Å². The molecule has 1 atom stereocenters. The molecule has 1 aromatic carbocycles. The Morgan fingerprint density at radius 3 is 2.73 bits per heavy atom. The van der Waals surface area contributed by atoms with Crippen LogP contribution in [-0.2, 0) is 0 Å². The van der Waals surface area contributed by atoms with Gasteiger partial charge in [-0.05, 0) is 41.1 Å². The Bertz CT molecular complexity index is 342. The number of aliphatic hydroxyl groups excluding tert-OH is 1. The number of hydrogen-bond donors (Lipinski definition) is 4. The normalized spacial score (nSPS) is 14.7. The van der Waals surface area contributed by atoms with Crippen molar-refractivity contribution in [3.63, 3.8) is 0 Å². The predicted molar refractivity (Wildman–Crippen MR) is 64.8 cm³/mol.